The Kier molecular flexibility index (Phi) is 7.42. The SMILES string of the molecule is CCN(CC)CCCNCc1c(Cl)c(C)nn1CC. The molecule has 0 aliphatic rings. The van der Waals surface area contributed by atoms with Crippen molar-refractivity contribution >= 4 is 11.6 Å². The van der Waals surface area contributed by atoms with Crippen LogP contribution in [-0.2, 0) is 13.1 Å². The predicted molar refractivity (Wildman–Crippen MR) is 81.8 cm³/mol. The Labute approximate surface area is 122 Å². The van der Waals surface area contributed by atoms with Crippen LogP contribution in [0.2, 0.25) is 5.02 Å². The summed E-state index contributed by atoms with van der Waals surface area (Å²) in [6.07, 6.45) is 1.17. The van der Waals surface area contributed by atoms with Gasteiger partial charge in [-0.3, -0.25) is 4.68 Å². The molecule has 110 valence electrons. The monoisotopic (exact) mass is 286 g/mol. The molecule has 1 aromatic heterocycles. The number of aromatic nitrogens is 2. The molecule has 0 saturated heterocycles. The molecular weight excluding hydrogens is 260 g/mol. The van der Waals surface area contributed by atoms with Gasteiger partial charge in [0.2, 0.25) is 0 Å². The third-order valence-electron chi connectivity index (χ3n) is 3.47. The Morgan fingerprint density at radius 3 is 2.53 bits per heavy atom. The quantitative estimate of drug-likeness (QED) is 0.709. The molecule has 0 radical (unpaired) electrons. The number of hydrogen-bond acceptors (Lipinski definition) is 3. The van der Waals surface area contributed by atoms with Gasteiger partial charge in [0.25, 0.3) is 0 Å². The lowest BCUT2D eigenvalue weighted by molar-refractivity contribution is 0.297. The van der Waals surface area contributed by atoms with Gasteiger partial charge in [-0.25, -0.2) is 0 Å². The summed E-state index contributed by atoms with van der Waals surface area (Å²) in [4.78, 5) is 2.44. The first-order chi connectivity index (χ1) is 9.13. The zero-order valence-corrected chi connectivity index (χ0v) is 13.4. The molecule has 0 atom stereocenters. The molecular formula is C14H27ClN4. The van der Waals surface area contributed by atoms with Crippen molar-refractivity contribution in [1.29, 1.82) is 0 Å². The molecule has 4 nitrogen and oxygen atoms in total. The van der Waals surface area contributed by atoms with E-state index < -0.39 is 0 Å². The fourth-order valence-corrected chi connectivity index (χ4v) is 2.41. The van der Waals surface area contributed by atoms with Crippen molar-refractivity contribution in [3.63, 3.8) is 0 Å². The van der Waals surface area contributed by atoms with E-state index in [0.717, 1.165) is 55.7 Å². The second-order valence-corrected chi connectivity index (χ2v) is 5.10. The zero-order valence-electron chi connectivity index (χ0n) is 12.7. The third kappa shape index (κ3) is 4.79. The Bertz CT molecular complexity index is 372. The number of aryl methyl sites for hydroxylation is 2. The van der Waals surface area contributed by atoms with Crippen LogP contribution in [0, 0.1) is 6.92 Å². The third-order valence-corrected chi connectivity index (χ3v) is 3.96. The Morgan fingerprint density at radius 2 is 1.95 bits per heavy atom. The van der Waals surface area contributed by atoms with Gasteiger partial charge in [-0.1, -0.05) is 25.4 Å². The number of halogens is 1. The summed E-state index contributed by atoms with van der Waals surface area (Å²) in [6, 6.07) is 0. The topological polar surface area (TPSA) is 33.1 Å². The second kappa shape index (κ2) is 8.56. The highest BCUT2D eigenvalue weighted by molar-refractivity contribution is 6.31. The van der Waals surface area contributed by atoms with Crippen molar-refractivity contribution in [3.8, 4) is 0 Å². The van der Waals surface area contributed by atoms with E-state index in [1.807, 2.05) is 11.6 Å². The lowest BCUT2D eigenvalue weighted by atomic mass is 10.3. The van der Waals surface area contributed by atoms with Gasteiger partial charge in [0.05, 0.1) is 16.4 Å². The van der Waals surface area contributed by atoms with Crippen LogP contribution >= 0.6 is 11.6 Å². The molecule has 1 N–H and O–H groups in total. The molecule has 0 unspecified atom stereocenters. The van der Waals surface area contributed by atoms with Gasteiger partial charge in [-0.2, -0.15) is 5.10 Å². The van der Waals surface area contributed by atoms with Gasteiger partial charge in [0.1, 0.15) is 0 Å². The van der Waals surface area contributed by atoms with E-state index in [2.05, 4.69) is 36.1 Å². The minimum atomic E-state index is 0.797. The molecule has 1 rings (SSSR count). The molecule has 1 aromatic rings. The van der Waals surface area contributed by atoms with Crippen LogP contribution in [0.25, 0.3) is 0 Å². The Balaban J connectivity index is 2.33. The standard InChI is InChI=1S/C14H27ClN4/c1-5-18(6-2)10-8-9-16-11-13-14(15)12(4)17-19(13)7-3/h16H,5-11H2,1-4H3. The summed E-state index contributed by atoms with van der Waals surface area (Å²) >= 11 is 6.27. The lowest BCUT2D eigenvalue weighted by Crippen LogP contribution is -2.27. The number of rotatable bonds is 9. The first-order valence-corrected chi connectivity index (χ1v) is 7.66. The van der Waals surface area contributed by atoms with Crippen LogP contribution in [0.5, 0.6) is 0 Å². The Hall–Kier alpha value is -0.580. The van der Waals surface area contributed by atoms with Gasteiger partial charge >= 0.3 is 0 Å². The summed E-state index contributed by atoms with van der Waals surface area (Å²) < 4.78 is 1.98. The van der Waals surface area contributed by atoms with E-state index in [0.29, 0.717) is 0 Å². The van der Waals surface area contributed by atoms with Gasteiger partial charge in [0.15, 0.2) is 0 Å². The highest BCUT2D eigenvalue weighted by atomic mass is 35.5. The molecule has 0 spiro atoms. The van der Waals surface area contributed by atoms with Crippen LogP contribution in [-0.4, -0.2) is 40.9 Å². The maximum atomic E-state index is 6.27. The van der Waals surface area contributed by atoms with Gasteiger partial charge < -0.3 is 10.2 Å². The number of nitrogens with one attached hydrogen (secondary N) is 1. The molecule has 0 amide bonds. The lowest BCUT2D eigenvalue weighted by Gasteiger charge is -2.17. The van der Waals surface area contributed by atoms with Crippen molar-refractivity contribution in [2.45, 2.75) is 47.2 Å². The molecule has 1 heterocycles. The summed E-state index contributed by atoms with van der Waals surface area (Å²) in [6.45, 7) is 14.5. The largest absolute Gasteiger partial charge is 0.311 e. The fraction of sp³-hybridized carbons (Fsp3) is 0.786. The van der Waals surface area contributed by atoms with E-state index in [-0.39, 0.29) is 0 Å². The van der Waals surface area contributed by atoms with Crippen molar-refractivity contribution < 1.29 is 0 Å². The highest BCUT2D eigenvalue weighted by Crippen LogP contribution is 2.19. The van der Waals surface area contributed by atoms with Crippen LogP contribution in [0.1, 0.15) is 38.6 Å². The molecule has 0 aromatic carbocycles. The second-order valence-electron chi connectivity index (χ2n) is 4.72. The van der Waals surface area contributed by atoms with E-state index in [9.17, 15) is 0 Å². The van der Waals surface area contributed by atoms with Crippen LogP contribution in [0.3, 0.4) is 0 Å². The number of nitrogens with zero attached hydrogens (tertiary/aromatic N) is 3. The Morgan fingerprint density at radius 1 is 1.26 bits per heavy atom. The zero-order chi connectivity index (χ0) is 14.3. The average molecular weight is 287 g/mol. The first-order valence-electron chi connectivity index (χ1n) is 7.28. The van der Waals surface area contributed by atoms with E-state index in [4.69, 9.17) is 11.6 Å². The minimum absolute atomic E-state index is 0.797. The molecule has 19 heavy (non-hydrogen) atoms. The van der Waals surface area contributed by atoms with E-state index >= 15 is 0 Å². The van der Waals surface area contributed by atoms with Gasteiger partial charge in [-0.05, 0) is 46.4 Å². The van der Waals surface area contributed by atoms with Gasteiger partial charge in [-0.15, -0.1) is 0 Å². The minimum Gasteiger partial charge on any atom is -0.311 e. The molecule has 5 heteroatoms. The number of hydrogen-bond donors (Lipinski definition) is 1. The summed E-state index contributed by atoms with van der Waals surface area (Å²) in [5.74, 6) is 0. The normalized spacial score (nSPS) is 11.5. The summed E-state index contributed by atoms with van der Waals surface area (Å²) in [7, 11) is 0. The molecule has 0 fully saturated rings. The average Bonchev–Trinajstić information content (AvgIpc) is 2.70. The van der Waals surface area contributed by atoms with Crippen LogP contribution < -0.4 is 5.32 Å². The van der Waals surface area contributed by atoms with Crippen molar-refractivity contribution in [3.05, 3.63) is 16.4 Å². The van der Waals surface area contributed by atoms with Crippen molar-refractivity contribution in [2.24, 2.45) is 0 Å². The van der Waals surface area contributed by atoms with Crippen LogP contribution in [0.15, 0.2) is 0 Å². The molecule has 0 saturated carbocycles. The summed E-state index contributed by atoms with van der Waals surface area (Å²) in [5.41, 5.74) is 2.02. The fourth-order valence-electron chi connectivity index (χ4n) is 2.21. The maximum Gasteiger partial charge on any atom is 0.0860 e. The van der Waals surface area contributed by atoms with E-state index in [1.54, 1.807) is 0 Å². The first kappa shape index (κ1) is 16.5. The smallest absolute Gasteiger partial charge is 0.0860 e. The van der Waals surface area contributed by atoms with Crippen molar-refractivity contribution in [1.82, 2.24) is 20.0 Å². The van der Waals surface area contributed by atoms with E-state index in [1.165, 1.54) is 6.42 Å². The maximum absolute atomic E-state index is 6.27. The highest BCUT2D eigenvalue weighted by Gasteiger charge is 2.11. The predicted octanol–water partition coefficient (Wildman–Crippen LogP) is 2.69. The molecule has 0 bridgehead atoms. The van der Waals surface area contributed by atoms with Gasteiger partial charge in [0, 0.05) is 13.1 Å². The summed E-state index contributed by atoms with van der Waals surface area (Å²) in [5, 5.41) is 8.68. The molecule has 0 aliphatic heterocycles. The van der Waals surface area contributed by atoms with Crippen LogP contribution in [0.4, 0.5) is 0 Å². The molecule has 0 aliphatic carbocycles. The van der Waals surface area contributed by atoms with Crippen molar-refractivity contribution in [2.75, 3.05) is 26.2 Å².